The molecule has 0 amide bonds. The van der Waals surface area contributed by atoms with Crippen LogP contribution in [0.4, 0.5) is 5.82 Å². The van der Waals surface area contributed by atoms with Gasteiger partial charge in [0.2, 0.25) is 0 Å². The van der Waals surface area contributed by atoms with Crippen LogP contribution in [0.1, 0.15) is 6.42 Å². The van der Waals surface area contributed by atoms with Crippen LogP contribution in [0.2, 0.25) is 0 Å². The maximum Gasteiger partial charge on any atom is 0.145 e. The molecule has 0 spiro atoms. The SMILES string of the molecule is CSc1ccccc1OCCCn1ccc(N)n1. The number of nitrogen functional groups attached to an aromatic ring is 1. The van der Waals surface area contributed by atoms with Crippen LogP contribution >= 0.6 is 11.8 Å². The van der Waals surface area contributed by atoms with Gasteiger partial charge in [-0.3, -0.25) is 4.68 Å². The minimum Gasteiger partial charge on any atom is -0.492 e. The molecule has 1 aromatic carbocycles. The van der Waals surface area contributed by atoms with E-state index in [1.54, 1.807) is 17.8 Å². The van der Waals surface area contributed by atoms with Crippen molar-refractivity contribution >= 4 is 17.6 Å². The van der Waals surface area contributed by atoms with E-state index < -0.39 is 0 Å². The van der Waals surface area contributed by atoms with Gasteiger partial charge in [0.05, 0.1) is 6.61 Å². The van der Waals surface area contributed by atoms with Gasteiger partial charge in [-0.2, -0.15) is 5.10 Å². The monoisotopic (exact) mass is 263 g/mol. The molecule has 0 saturated heterocycles. The number of hydrogen-bond acceptors (Lipinski definition) is 4. The number of para-hydroxylation sites is 1. The Morgan fingerprint density at radius 1 is 1.33 bits per heavy atom. The van der Waals surface area contributed by atoms with Crippen molar-refractivity contribution in [1.29, 1.82) is 0 Å². The van der Waals surface area contributed by atoms with Gasteiger partial charge in [-0.05, 0) is 24.5 Å². The van der Waals surface area contributed by atoms with Crippen LogP contribution in [0.5, 0.6) is 5.75 Å². The van der Waals surface area contributed by atoms with Crippen molar-refractivity contribution < 1.29 is 4.74 Å². The molecule has 0 bridgehead atoms. The molecule has 4 nitrogen and oxygen atoms in total. The Morgan fingerprint density at radius 3 is 2.89 bits per heavy atom. The first kappa shape index (κ1) is 12.8. The first-order chi connectivity index (χ1) is 8.79. The molecule has 18 heavy (non-hydrogen) atoms. The zero-order valence-electron chi connectivity index (χ0n) is 10.4. The first-order valence-corrected chi connectivity index (χ1v) is 7.07. The molecule has 0 aliphatic rings. The molecule has 0 fully saturated rings. The zero-order chi connectivity index (χ0) is 12.8. The summed E-state index contributed by atoms with van der Waals surface area (Å²) in [6, 6.07) is 9.87. The Bertz CT molecular complexity index is 498. The van der Waals surface area contributed by atoms with Crippen LogP contribution < -0.4 is 10.5 Å². The molecular formula is C13H17N3OS. The fraction of sp³-hybridized carbons (Fsp3) is 0.308. The minimum atomic E-state index is 0.559. The van der Waals surface area contributed by atoms with Crippen molar-refractivity contribution in [1.82, 2.24) is 9.78 Å². The third kappa shape index (κ3) is 3.43. The second-order valence-corrected chi connectivity index (χ2v) is 4.70. The molecule has 2 N–H and O–H groups in total. The number of thioether (sulfide) groups is 1. The summed E-state index contributed by atoms with van der Waals surface area (Å²) in [5, 5.41) is 4.12. The second kappa shape index (κ2) is 6.35. The maximum absolute atomic E-state index is 5.76. The van der Waals surface area contributed by atoms with Gasteiger partial charge in [0.25, 0.3) is 0 Å². The molecule has 0 saturated carbocycles. The lowest BCUT2D eigenvalue weighted by Gasteiger charge is -2.09. The summed E-state index contributed by atoms with van der Waals surface area (Å²) < 4.78 is 7.60. The number of aromatic nitrogens is 2. The molecule has 5 heteroatoms. The van der Waals surface area contributed by atoms with Gasteiger partial charge in [0, 0.05) is 24.1 Å². The van der Waals surface area contributed by atoms with Gasteiger partial charge in [0.15, 0.2) is 0 Å². The smallest absolute Gasteiger partial charge is 0.145 e. The van der Waals surface area contributed by atoms with Crippen LogP contribution in [-0.4, -0.2) is 22.6 Å². The molecule has 0 atom stereocenters. The molecule has 1 heterocycles. The summed E-state index contributed by atoms with van der Waals surface area (Å²) in [6.07, 6.45) is 4.84. The number of rotatable bonds is 6. The van der Waals surface area contributed by atoms with E-state index in [4.69, 9.17) is 10.5 Å². The summed E-state index contributed by atoms with van der Waals surface area (Å²) in [4.78, 5) is 1.17. The zero-order valence-corrected chi connectivity index (χ0v) is 11.2. The average Bonchev–Trinajstić information content (AvgIpc) is 2.81. The Balaban J connectivity index is 1.78. The number of benzene rings is 1. The predicted molar refractivity (Wildman–Crippen MR) is 75.0 cm³/mol. The number of anilines is 1. The summed E-state index contributed by atoms with van der Waals surface area (Å²) in [7, 11) is 0. The second-order valence-electron chi connectivity index (χ2n) is 3.86. The Morgan fingerprint density at radius 2 is 2.17 bits per heavy atom. The Kier molecular flexibility index (Phi) is 4.52. The van der Waals surface area contributed by atoms with Gasteiger partial charge in [-0.25, -0.2) is 0 Å². The Hall–Kier alpha value is -1.62. The molecule has 0 radical (unpaired) electrons. The van der Waals surface area contributed by atoms with E-state index in [0.29, 0.717) is 12.4 Å². The fourth-order valence-corrected chi connectivity index (χ4v) is 2.19. The molecule has 0 aliphatic heterocycles. The molecule has 0 unspecified atom stereocenters. The largest absolute Gasteiger partial charge is 0.492 e. The van der Waals surface area contributed by atoms with Crippen molar-refractivity contribution in [2.45, 2.75) is 17.9 Å². The van der Waals surface area contributed by atoms with E-state index in [2.05, 4.69) is 17.4 Å². The van der Waals surface area contributed by atoms with Gasteiger partial charge in [-0.15, -0.1) is 11.8 Å². The van der Waals surface area contributed by atoms with Crippen LogP contribution in [-0.2, 0) is 6.54 Å². The van der Waals surface area contributed by atoms with Crippen LogP contribution in [0.15, 0.2) is 41.4 Å². The number of hydrogen-bond donors (Lipinski definition) is 1. The lowest BCUT2D eigenvalue weighted by molar-refractivity contribution is 0.292. The molecule has 96 valence electrons. The van der Waals surface area contributed by atoms with Gasteiger partial charge < -0.3 is 10.5 Å². The van der Waals surface area contributed by atoms with Gasteiger partial charge in [-0.1, -0.05) is 12.1 Å². The highest BCUT2D eigenvalue weighted by molar-refractivity contribution is 7.98. The standard InChI is InChI=1S/C13H17N3OS/c1-18-12-6-3-2-5-11(12)17-10-4-8-16-9-7-13(14)15-16/h2-3,5-7,9H,4,8,10H2,1H3,(H2,14,15). The fourth-order valence-electron chi connectivity index (χ4n) is 1.65. The van der Waals surface area contributed by atoms with Crippen LogP contribution in [0.25, 0.3) is 0 Å². The normalized spacial score (nSPS) is 10.5. The van der Waals surface area contributed by atoms with Crippen molar-refractivity contribution in [3.8, 4) is 5.75 Å². The van der Waals surface area contributed by atoms with E-state index >= 15 is 0 Å². The van der Waals surface area contributed by atoms with Crippen molar-refractivity contribution in [3.63, 3.8) is 0 Å². The van der Waals surface area contributed by atoms with E-state index in [0.717, 1.165) is 18.7 Å². The topological polar surface area (TPSA) is 53.1 Å². The number of nitrogens with two attached hydrogens (primary N) is 1. The third-order valence-electron chi connectivity index (χ3n) is 2.52. The van der Waals surface area contributed by atoms with E-state index in [1.165, 1.54) is 4.90 Å². The summed E-state index contributed by atoms with van der Waals surface area (Å²) >= 11 is 1.69. The van der Waals surface area contributed by atoms with Crippen LogP contribution in [0, 0.1) is 0 Å². The van der Waals surface area contributed by atoms with Gasteiger partial charge in [0.1, 0.15) is 11.6 Å². The lowest BCUT2D eigenvalue weighted by atomic mass is 10.3. The molecular weight excluding hydrogens is 246 g/mol. The first-order valence-electron chi connectivity index (χ1n) is 5.84. The van der Waals surface area contributed by atoms with Crippen LogP contribution in [0.3, 0.4) is 0 Å². The molecule has 1 aromatic heterocycles. The molecule has 0 aliphatic carbocycles. The van der Waals surface area contributed by atoms with Crippen molar-refractivity contribution in [2.75, 3.05) is 18.6 Å². The number of nitrogens with zero attached hydrogens (tertiary/aromatic N) is 2. The number of aryl methyl sites for hydroxylation is 1. The highest BCUT2D eigenvalue weighted by Crippen LogP contribution is 2.26. The quantitative estimate of drug-likeness (QED) is 0.643. The predicted octanol–water partition coefficient (Wildman–Crippen LogP) is 2.66. The third-order valence-corrected chi connectivity index (χ3v) is 3.30. The van der Waals surface area contributed by atoms with Gasteiger partial charge >= 0.3 is 0 Å². The summed E-state index contributed by atoms with van der Waals surface area (Å²) in [5.41, 5.74) is 5.55. The van der Waals surface area contributed by atoms with E-state index in [9.17, 15) is 0 Å². The molecule has 2 aromatic rings. The van der Waals surface area contributed by atoms with E-state index in [-0.39, 0.29) is 0 Å². The highest BCUT2D eigenvalue weighted by Gasteiger charge is 2.01. The molecule has 2 rings (SSSR count). The Labute approximate surface area is 111 Å². The average molecular weight is 263 g/mol. The summed E-state index contributed by atoms with van der Waals surface area (Å²) in [5.74, 6) is 1.51. The summed E-state index contributed by atoms with van der Waals surface area (Å²) in [6.45, 7) is 1.50. The highest BCUT2D eigenvalue weighted by atomic mass is 32.2. The van der Waals surface area contributed by atoms with Crippen molar-refractivity contribution in [3.05, 3.63) is 36.5 Å². The van der Waals surface area contributed by atoms with E-state index in [1.807, 2.05) is 29.1 Å². The minimum absolute atomic E-state index is 0.559. The van der Waals surface area contributed by atoms with Crippen molar-refractivity contribution in [2.24, 2.45) is 0 Å². The lowest BCUT2D eigenvalue weighted by Crippen LogP contribution is -2.05. The maximum atomic E-state index is 5.76. The number of ether oxygens (including phenoxy) is 1.